The largest absolute Gasteiger partial charge is 0.385 e. The Bertz CT molecular complexity index is 281. The van der Waals surface area contributed by atoms with Gasteiger partial charge >= 0.3 is 0 Å². The molecule has 0 fully saturated rings. The first-order valence-corrected chi connectivity index (χ1v) is 3.41. The predicted molar refractivity (Wildman–Crippen MR) is 40.8 cm³/mol. The SMILES string of the molecule is N#CC(O)C(O)c1ccncc1. The van der Waals surface area contributed by atoms with Crippen LogP contribution in [0.4, 0.5) is 0 Å². The van der Waals surface area contributed by atoms with Crippen molar-refractivity contribution in [2.24, 2.45) is 0 Å². The molecule has 0 bridgehead atoms. The number of pyridine rings is 1. The summed E-state index contributed by atoms with van der Waals surface area (Å²) in [7, 11) is 0. The Morgan fingerprint density at radius 2 is 1.92 bits per heavy atom. The molecule has 2 atom stereocenters. The van der Waals surface area contributed by atoms with Crippen molar-refractivity contribution < 1.29 is 10.2 Å². The number of nitriles is 1. The molecule has 1 aromatic heterocycles. The number of hydrogen-bond donors (Lipinski definition) is 2. The molecule has 0 radical (unpaired) electrons. The second-order valence-electron chi connectivity index (χ2n) is 2.30. The van der Waals surface area contributed by atoms with Crippen molar-refractivity contribution in [2.75, 3.05) is 0 Å². The quantitative estimate of drug-likeness (QED) is 0.603. The minimum absolute atomic E-state index is 0.485. The summed E-state index contributed by atoms with van der Waals surface area (Å²) in [5.41, 5.74) is 0.485. The maximum Gasteiger partial charge on any atom is 0.170 e. The van der Waals surface area contributed by atoms with Crippen molar-refractivity contribution in [2.45, 2.75) is 12.2 Å². The number of rotatable bonds is 2. The topological polar surface area (TPSA) is 77.1 Å². The fraction of sp³-hybridized carbons (Fsp3) is 0.250. The van der Waals surface area contributed by atoms with Crippen molar-refractivity contribution >= 4 is 0 Å². The van der Waals surface area contributed by atoms with Gasteiger partial charge in [-0.15, -0.1) is 0 Å². The second-order valence-corrected chi connectivity index (χ2v) is 2.30. The molecule has 4 nitrogen and oxygen atoms in total. The number of aliphatic hydroxyl groups excluding tert-OH is 2. The highest BCUT2D eigenvalue weighted by atomic mass is 16.3. The molecular weight excluding hydrogens is 156 g/mol. The van der Waals surface area contributed by atoms with Gasteiger partial charge in [0.25, 0.3) is 0 Å². The fourth-order valence-electron chi connectivity index (χ4n) is 0.814. The van der Waals surface area contributed by atoms with Crippen LogP contribution in [0.1, 0.15) is 11.7 Å². The zero-order valence-electron chi connectivity index (χ0n) is 6.25. The summed E-state index contributed by atoms with van der Waals surface area (Å²) in [6.07, 6.45) is 0.441. The zero-order chi connectivity index (χ0) is 8.97. The van der Waals surface area contributed by atoms with E-state index in [2.05, 4.69) is 4.98 Å². The maximum atomic E-state index is 9.29. The molecule has 0 aliphatic carbocycles. The summed E-state index contributed by atoms with van der Waals surface area (Å²) in [5, 5.41) is 26.5. The predicted octanol–water partition coefficient (Wildman–Crippen LogP) is -0.000520. The van der Waals surface area contributed by atoms with Crippen LogP contribution in [0.25, 0.3) is 0 Å². The van der Waals surface area contributed by atoms with Crippen molar-refractivity contribution in [3.8, 4) is 6.07 Å². The third-order valence-electron chi connectivity index (χ3n) is 1.48. The Morgan fingerprint density at radius 1 is 1.33 bits per heavy atom. The van der Waals surface area contributed by atoms with Crippen molar-refractivity contribution in [1.29, 1.82) is 5.26 Å². The lowest BCUT2D eigenvalue weighted by molar-refractivity contribution is 0.0527. The average molecular weight is 164 g/mol. The molecule has 2 N–H and O–H groups in total. The molecular formula is C8H8N2O2. The van der Waals surface area contributed by atoms with Crippen LogP contribution in [0, 0.1) is 11.3 Å². The zero-order valence-corrected chi connectivity index (χ0v) is 6.25. The van der Waals surface area contributed by atoms with E-state index in [4.69, 9.17) is 10.4 Å². The van der Waals surface area contributed by atoms with Crippen LogP contribution < -0.4 is 0 Å². The number of hydrogen-bond acceptors (Lipinski definition) is 4. The third-order valence-corrected chi connectivity index (χ3v) is 1.48. The molecule has 0 saturated heterocycles. The van der Waals surface area contributed by atoms with Crippen LogP contribution in [0.15, 0.2) is 24.5 Å². The summed E-state index contributed by atoms with van der Waals surface area (Å²) in [6, 6.07) is 4.64. The van der Waals surface area contributed by atoms with Gasteiger partial charge in [0.05, 0.1) is 6.07 Å². The van der Waals surface area contributed by atoms with Crippen LogP contribution >= 0.6 is 0 Å². The van der Waals surface area contributed by atoms with E-state index in [1.807, 2.05) is 0 Å². The van der Waals surface area contributed by atoms with E-state index in [1.165, 1.54) is 12.4 Å². The summed E-state index contributed by atoms with van der Waals surface area (Å²) >= 11 is 0. The fourth-order valence-corrected chi connectivity index (χ4v) is 0.814. The van der Waals surface area contributed by atoms with Gasteiger partial charge in [-0.3, -0.25) is 4.98 Å². The number of nitrogens with zero attached hydrogens (tertiary/aromatic N) is 2. The van der Waals surface area contributed by atoms with Gasteiger partial charge in [-0.05, 0) is 17.7 Å². The summed E-state index contributed by atoms with van der Waals surface area (Å²) in [5.74, 6) is 0. The number of aromatic nitrogens is 1. The van der Waals surface area contributed by atoms with E-state index >= 15 is 0 Å². The Labute approximate surface area is 69.7 Å². The lowest BCUT2D eigenvalue weighted by Gasteiger charge is -2.10. The van der Waals surface area contributed by atoms with Gasteiger partial charge in [0.1, 0.15) is 6.10 Å². The van der Waals surface area contributed by atoms with E-state index in [1.54, 1.807) is 18.2 Å². The van der Waals surface area contributed by atoms with Crippen molar-refractivity contribution in [1.82, 2.24) is 4.98 Å². The highest BCUT2D eigenvalue weighted by Gasteiger charge is 2.16. The van der Waals surface area contributed by atoms with Gasteiger partial charge in [0, 0.05) is 12.4 Å². The molecule has 0 spiro atoms. The highest BCUT2D eigenvalue weighted by molar-refractivity contribution is 5.16. The molecule has 1 rings (SSSR count). The van der Waals surface area contributed by atoms with E-state index in [-0.39, 0.29) is 0 Å². The first-order valence-electron chi connectivity index (χ1n) is 3.41. The first kappa shape index (κ1) is 8.65. The van der Waals surface area contributed by atoms with E-state index in [0.717, 1.165) is 0 Å². The molecule has 0 saturated carbocycles. The third kappa shape index (κ3) is 1.78. The normalized spacial score (nSPS) is 14.8. The van der Waals surface area contributed by atoms with Gasteiger partial charge in [-0.1, -0.05) is 0 Å². The average Bonchev–Trinajstić information content (AvgIpc) is 2.17. The molecule has 0 aliphatic heterocycles. The van der Waals surface area contributed by atoms with E-state index < -0.39 is 12.2 Å². The van der Waals surface area contributed by atoms with E-state index in [9.17, 15) is 5.11 Å². The Hall–Kier alpha value is -1.44. The molecule has 0 aliphatic rings. The lowest BCUT2D eigenvalue weighted by Crippen LogP contribution is -2.15. The van der Waals surface area contributed by atoms with Crippen LogP contribution in [-0.2, 0) is 0 Å². The Balaban J connectivity index is 2.80. The smallest absolute Gasteiger partial charge is 0.170 e. The molecule has 4 heteroatoms. The summed E-state index contributed by atoms with van der Waals surface area (Å²) in [4.78, 5) is 3.74. The molecule has 1 heterocycles. The molecule has 0 aromatic carbocycles. The number of aliphatic hydroxyl groups is 2. The Morgan fingerprint density at radius 3 is 2.42 bits per heavy atom. The summed E-state index contributed by atoms with van der Waals surface area (Å²) in [6.45, 7) is 0. The molecule has 1 aromatic rings. The molecule has 0 amide bonds. The highest BCUT2D eigenvalue weighted by Crippen LogP contribution is 2.14. The van der Waals surface area contributed by atoms with Crippen molar-refractivity contribution in [3.63, 3.8) is 0 Å². The minimum atomic E-state index is -1.38. The van der Waals surface area contributed by atoms with Gasteiger partial charge in [0.2, 0.25) is 0 Å². The summed E-state index contributed by atoms with van der Waals surface area (Å²) < 4.78 is 0. The van der Waals surface area contributed by atoms with Crippen molar-refractivity contribution in [3.05, 3.63) is 30.1 Å². The van der Waals surface area contributed by atoms with E-state index in [0.29, 0.717) is 5.56 Å². The van der Waals surface area contributed by atoms with Gasteiger partial charge < -0.3 is 10.2 Å². The molecule has 62 valence electrons. The van der Waals surface area contributed by atoms with Gasteiger partial charge in [-0.2, -0.15) is 5.26 Å². The maximum absolute atomic E-state index is 9.29. The van der Waals surface area contributed by atoms with Gasteiger partial charge in [0.15, 0.2) is 6.10 Å². The van der Waals surface area contributed by atoms with Crippen LogP contribution in [-0.4, -0.2) is 21.3 Å². The standard InChI is InChI=1S/C8H8N2O2/c9-5-7(11)8(12)6-1-3-10-4-2-6/h1-4,7-8,11-12H. The first-order chi connectivity index (χ1) is 5.75. The van der Waals surface area contributed by atoms with Crippen LogP contribution in [0.5, 0.6) is 0 Å². The second kappa shape index (κ2) is 3.81. The molecule has 12 heavy (non-hydrogen) atoms. The molecule has 2 unspecified atom stereocenters. The van der Waals surface area contributed by atoms with Gasteiger partial charge in [-0.25, -0.2) is 0 Å². The Kier molecular flexibility index (Phi) is 2.75. The lowest BCUT2D eigenvalue weighted by atomic mass is 10.1. The van der Waals surface area contributed by atoms with Crippen LogP contribution in [0.2, 0.25) is 0 Å². The van der Waals surface area contributed by atoms with Crippen LogP contribution in [0.3, 0.4) is 0 Å². The minimum Gasteiger partial charge on any atom is -0.385 e. The monoisotopic (exact) mass is 164 g/mol.